The molecule has 1 amide bonds. The Morgan fingerprint density at radius 3 is 2.78 bits per heavy atom. The van der Waals surface area contributed by atoms with Gasteiger partial charge in [0.2, 0.25) is 5.91 Å². The Hall–Kier alpha value is -1.55. The second-order valence-corrected chi connectivity index (χ2v) is 4.28. The first-order chi connectivity index (χ1) is 8.67. The fraction of sp³-hybridized carbons (Fsp3) is 0.500. The standard InChI is InChI=1S/C14H22N2O2/c1-4-11(2)15-10-14(17)16-9-12-7-5-6-8-13(12)18-3/h5-8,11,15H,4,9-10H2,1-3H3,(H,16,17). The number of carbonyl (C=O) groups is 1. The van der Waals surface area contributed by atoms with E-state index in [4.69, 9.17) is 4.74 Å². The molecule has 0 saturated heterocycles. The second-order valence-electron chi connectivity index (χ2n) is 4.28. The van der Waals surface area contributed by atoms with Gasteiger partial charge in [-0.1, -0.05) is 25.1 Å². The maximum Gasteiger partial charge on any atom is 0.234 e. The summed E-state index contributed by atoms with van der Waals surface area (Å²) < 4.78 is 5.23. The van der Waals surface area contributed by atoms with Crippen LogP contribution in [0.2, 0.25) is 0 Å². The molecule has 4 heteroatoms. The first kappa shape index (κ1) is 14.5. The quantitative estimate of drug-likeness (QED) is 0.774. The Morgan fingerprint density at radius 2 is 2.11 bits per heavy atom. The summed E-state index contributed by atoms with van der Waals surface area (Å²) >= 11 is 0. The van der Waals surface area contributed by atoms with E-state index in [9.17, 15) is 4.79 Å². The van der Waals surface area contributed by atoms with E-state index in [1.807, 2.05) is 24.3 Å². The van der Waals surface area contributed by atoms with Crippen molar-refractivity contribution < 1.29 is 9.53 Å². The Balaban J connectivity index is 2.38. The molecular weight excluding hydrogens is 228 g/mol. The van der Waals surface area contributed by atoms with Crippen molar-refractivity contribution in [2.45, 2.75) is 32.9 Å². The molecule has 0 aliphatic carbocycles. The molecule has 1 aromatic rings. The van der Waals surface area contributed by atoms with Gasteiger partial charge in [-0.25, -0.2) is 0 Å². The number of para-hydroxylation sites is 1. The van der Waals surface area contributed by atoms with Gasteiger partial charge < -0.3 is 15.4 Å². The third-order valence-electron chi connectivity index (χ3n) is 2.89. The lowest BCUT2D eigenvalue weighted by Crippen LogP contribution is -2.37. The Kier molecular flexibility index (Phi) is 6.22. The molecule has 1 rings (SSSR count). The minimum absolute atomic E-state index is 0.00112. The van der Waals surface area contributed by atoms with Crippen molar-refractivity contribution in [2.75, 3.05) is 13.7 Å². The summed E-state index contributed by atoms with van der Waals surface area (Å²) in [6.07, 6.45) is 1.01. The predicted molar refractivity (Wildman–Crippen MR) is 72.6 cm³/mol. The average Bonchev–Trinajstić information content (AvgIpc) is 2.42. The van der Waals surface area contributed by atoms with Crippen molar-refractivity contribution in [3.63, 3.8) is 0 Å². The molecule has 2 N–H and O–H groups in total. The fourth-order valence-corrected chi connectivity index (χ4v) is 1.52. The summed E-state index contributed by atoms with van der Waals surface area (Å²) in [6.45, 7) is 4.99. The molecule has 0 aliphatic rings. The van der Waals surface area contributed by atoms with Crippen LogP contribution >= 0.6 is 0 Å². The van der Waals surface area contributed by atoms with Crippen LogP contribution < -0.4 is 15.4 Å². The van der Waals surface area contributed by atoms with E-state index in [-0.39, 0.29) is 5.91 Å². The van der Waals surface area contributed by atoms with Crippen LogP contribution in [0.5, 0.6) is 5.75 Å². The first-order valence-corrected chi connectivity index (χ1v) is 6.29. The zero-order valence-corrected chi connectivity index (χ0v) is 11.3. The Bertz CT molecular complexity index is 380. The molecule has 0 bridgehead atoms. The lowest BCUT2D eigenvalue weighted by atomic mass is 10.2. The van der Waals surface area contributed by atoms with Crippen molar-refractivity contribution in [1.29, 1.82) is 0 Å². The molecule has 1 aromatic carbocycles. The molecule has 0 radical (unpaired) electrons. The van der Waals surface area contributed by atoms with Gasteiger partial charge in [0, 0.05) is 18.2 Å². The van der Waals surface area contributed by atoms with E-state index in [1.54, 1.807) is 7.11 Å². The minimum atomic E-state index is 0.00112. The summed E-state index contributed by atoms with van der Waals surface area (Å²) in [5, 5.41) is 6.03. The van der Waals surface area contributed by atoms with Crippen molar-refractivity contribution in [1.82, 2.24) is 10.6 Å². The van der Waals surface area contributed by atoms with Crippen LogP contribution in [0.1, 0.15) is 25.8 Å². The average molecular weight is 250 g/mol. The van der Waals surface area contributed by atoms with Gasteiger partial charge in [-0.15, -0.1) is 0 Å². The summed E-state index contributed by atoms with van der Waals surface area (Å²) in [7, 11) is 1.63. The van der Waals surface area contributed by atoms with Gasteiger partial charge in [0.05, 0.1) is 13.7 Å². The molecule has 18 heavy (non-hydrogen) atoms. The molecule has 1 unspecified atom stereocenters. The number of ether oxygens (including phenoxy) is 1. The van der Waals surface area contributed by atoms with Crippen molar-refractivity contribution in [3.8, 4) is 5.75 Å². The van der Waals surface area contributed by atoms with Gasteiger partial charge in [0.25, 0.3) is 0 Å². The first-order valence-electron chi connectivity index (χ1n) is 6.29. The van der Waals surface area contributed by atoms with Crippen LogP contribution in [-0.2, 0) is 11.3 Å². The number of nitrogens with one attached hydrogen (secondary N) is 2. The van der Waals surface area contributed by atoms with Crippen LogP contribution in [-0.4, -0.2) is 25.6 Å². The van der Waals surface area contributed by atoms with Gasteiger partial charge in [-0.3, -0.25) is 4.79 Å². The van der Waals surface area contributed by atoms with Crippen LogP contribution in [0, 0.1) is 0 Å². The molecule has 0 fully saturated rings. The van der Waals surface area contributed by atoms with Gasteiger partial charge in [-0.05, 0) is 19.4 Å². The van der Waals surface area contributed by atoms with Crippen LogP contribution in [0.15, 0.2) is 24.3 Å². The second kappa shape index (κ2) is 7.71. The highest BCUT2D eigenvalue weighted by atomic mass is 16.5. The monoisotopic (exact) mass is 250 g/mol. The zero-order valence-electron chi connectivity index (χ0n) is 11.3. The summed E-state index contributed by atoms with van der Waals surface area (Å²) in [5.41, 5.74) is 0.983. The smallest absolute Gasteiger partial charge is 0.234 e. The zero-order chi connectivity index (χ0) is 13.4. The third kappa shape index (κ3) is 4.75. The van der Waals surface area contributed by atoms with Crippen LogP contribution in [0.4, 0.5) is 0 Å². The van der Waals surface area contributed by atoms with Crippen molar-refractivity contribution in [3.05, 3.63) is 29.8 Å². The van der Waals surface area contributed by atoms with Crippen molar-refractivity contribution >= 4 is 5.91 Å². The summed E-state index contributed by atoms with van der Waals surface area (Å²) in [6, 6.07) is 8.04. The molecule has 0 aliphatic heterocycles. The van der Waals surface area contributed by atoms with Crippen LogP contribution in [0.25, 0.3) is 0 Å². The number of hydrogen-bond acceptors (Lipinski definition) is 3. The normalized spacial score (nSPS) is 11.9. The largest absolute Gasteiger partial charge is 0.496 e. The topological polar surface area (TPSA) is 50.4 Å². The van der Waals surface area contributed by atoms with Gasteiger partial charge in [0.15, 0.2) is 0 Å². The number of amides is 1. The van der Waals surface area contributed by atoms with E-state index >= 15 is 0 Å². The molecule has 0 spiro atoms. The predicted octanol–water partition coefficient (Wildman–Crippen LogP) is 1.70. The maximum absolute atomic E-state index is 11.6. The Morgan fingerprint density at radius 1 is 1.39 bits per heavy atom. The fourth-order valence-electron chi connectivity index (χ4n) is 1.52. The molecule has 0 aromatic heterocycles. The van der Waals surface area contributed by atoms with Gasteiger partial charge >= 0.3 is 0 Å². The highest BCUT2D eigenvalue weighted by Crippen LogP contribution is 2.16. The van der Waals surface area contributed by atoms with Crippen molar-refractivity contribution in [2.24, 2.45) is 0 Å². The molecule has 0 saturated carbocycles. The van der Waals surface area contributed by atoms with E-state index in [0.29, 0.717) is 19.1 Å². The minimum Gasteiger partial charge on any atom is -0.496 e. The lowest BCUT2D eigenvalue weighted by molar-refractivity contribution is -0.120. The summed E-state index contributed by atoms with van der Waals surface area (Å²) in [4.78, 5) is 11.6. The highest BCUT2D eigenvalue weighted by molar-refractivity contribution is 5.78. The molecule has 4 nitrogen and oxygen atoms in total. The molecular formula is C14H22N2O2. The number of rotatable bonds is 7. The molecule has 100 valence electrons. The van der Waals surface area contributed by atoms with E-state index in [2.05, 4.69) is 24.5 Å². The SMILES string of the molecule is CCC(C)NCC(=O)NCc1ccccc1OC. The third-order valence-corrected chi connectivity index (χ3v) is 2.89. The van der Waals surface area contributed by atoms with E-state index in [1.165, 1.54) is 0 Å². The molecule has 1 atom stereocenters. The number of methoxy groups -OCH3 is 1. The van der Waals surface area contributed by atoms with Gasteiger partial charge in [0.1, 0.15) is 5.75 Å². The van der Waals surface area contributed by atoms with Crippen LogP contribution in [0.3, 0.4) is 0 Å². The van der Waals surface area contributed by atoms with Gasteiger partial charge in [-0.2, -0.15) is 0 Å². The molecule has 0 heterocycles. The highest BCUT2D eigenvalue weighted by Gasteiger charge is 2.06. The summed E-state index contributed by atoms with van der Waals surface area (Å²) in [5.74, 6) is 0.800. The Labute approximate surface area is 109 Å². The number of carbonyl (C=O) groups excluding carboxylic acids is 1. The van der Waals surface area contributed by atoms with E-state index < -0.39 is 0 Å². The maximum atomic E-state index is 11.6. The van der Waals surface area contributed by atoms with E-state index in [0.717, 1.165) is 17.7 Å². The lowest BCUT2D eigenvalue weighted by Gasteiger charge is -2.12. The number of benzene rings is 1. The number of hydrogen-bond donors (Lipinski definition) is 2.